The molecule has 0 N–H and O–H groups in total. The van der Waals surface area contributed by atoms with E-state index in [-0.39, 0.29) is 5.91 Å². The minimum atomic E-state index is 0.130. The van der Waals surface area contributed by atoms with Crippen molar-refractivity contribution in [3.05, 3.63) is 35.6 Å². The van der Waals surface area contributed by atoms with E-state index in [1.165, 1.54) is 0 Å². The zero-order valence-electron chi connectivity index (χ0n) is 11.9. The number of rotatable bonds is 6. The molecule has 4 nitrogen and oxygen atoms in total. The predicted molar refractivity (Wildman–Crippen MR) is 81.6 cm³/mol. The van der Waals surface area contributed by atoms with Crippen LogP contribution in [0.2, 0.25) is 0 Å². The topological polar surface area (TPSA) is 46.1 Å². The van der Waals surface area contributed by atoms with E-state index in [1.807, 2.05) is 24.6 Å². The molecule has 0 bridgehead atoms. The highest BCUT2D eigenvalue weighted by Gasteiger charge is 2.12. The molecule has 1 amide bonds. The molecule has 0 aliphatic rings. The number of carbonyl (C=O) groups is 1. The van der Waals surface area contributed by atoms with Crippen LogP contribution in [-0.4, -0.2) is 34.4 Å². The molecule has 0 unspecified atom stereocenters. The molecule has 2 rings (SSSR count). The fourth-order valence-electron chi connectivity index (χ4n) is 1.83. The molecular formula is C15H19N3OS. The van der Waals surface area contributed by atoms with E-state index in [4.69, 9.17) is 0 Å². The van der Waals surface area contributed by atoms with Gasteiger partial charge in [0.05, 0.1) is 12.1 Å². The molecule has 0 aromatic carbocycles. The van der Waals surface area contributed by atoms with Gasteiger partial charge in [0.1, 0.15) is 5.01 Å². The van der Waals surface area contributed by atoms with Crippen LogP contribution in [0.1, 0.15) is 25.5 Å². The summed E-state index contributed by atoms with van der Waals surface area (Å²) in [6.45, 7) is 2.94. The Morgan fingerprint density at radius 1 is 1.35 bits per heavy atom. The van der Waals surface area contributed by atoms with Crippen molar-refractivity contribution in [2.24, 2.45) is 0 Å². The number of unbranched alkanes of at least 4 members (excludes halogenated alkanes) is 1. The summed E-state index contributed by atoms with van der Waals surface area (Å²) < 4.78 is 0. The first-order chi connectivity index (χ1) is 9.70. The van der Waals surface area contributed by atoms with E-state index in [1.54, 1.807) is 28.6 Å². The molecule has 0 aliphatic carbocycles. The van der Waals surface area contributed by atoms with E-state index >= 15 is 0 Å². The van der Waals surface area contributed by atoms with Gasteiger partial charge in [0.25, 0.3) is 0 Å². The average Bonchev–Trinajstić information content (AvgIpc) is 2.94. The molecule has 0 fully saturated rings. The van der Waals surface area contributed by atoms with Crippen LogP contribution in [0.3, 0.4) is 0 Å². The molecule has 0 aliphatic heterocycles. The molecule has 20 heavy (non-hydrogen) atoms. The fraction of sp³-hybridized carbons (Fsp3) is 0.400. The van der Waals surface area contributed by atoms with Crippen molar-refractivity contribution in [3.8, 4) is 10.6 Å². The third-order valence-electron chi connectivity index (χ3n) is 3.08. The van der Waals surface area contributed by atoms with E-state index in [9.17, 15) is 4.79 Å². The minimum absolute atomic E-state index is 0.130. The minimum Gasteiger partial charge on any atom is -0.345 e. The molecule has 0 saturated carbocycles. The largest absolute Gasteiger partial charge is 0.345 e. The molecule has 0 spiro atoms. The van der Waals surface area contributed by atoms with Crippen molar-refractivity contribution in [1.82, 2.24) is 14.9 Å². The molecule has 0 radical (unpaired) electrons. The predicted octanol–water partition coefficient (Wildman–Crippen LogP) is 3.01. The molecule has 5 heteroatoms. The average molecular weight is 289 g/mol. The highest BCUT2D eigenvalue weighted by Crippen LogP contribution is 2.23. The summed E-state index contributed by atoms with van der Waals surface area (Å²) in [5.41, 5.74) is 1.89. The van der Waals surface area contributed by atoms with Gasteiger partial charge in [0, 0.05) is 36.9 Å². The standard InChI is InChI=1S/C15H19N3OS/c1-3-4-9-18(2)14(19)10-13-11-20-15(17-13)12-5-7-16-8-6-12/h5-8,11H,3-4,9-10H2,1-2H3. The molecular weight excluding hydrogens is 270 g/mol. The first-order valence-corrected chi connectivity index (χ1v) is 7.67. The summed E-state index contributed by atoms with van der Waals surface area (Å²) in [5, 5.41) is 2.90. The molecule has 2 aromatic heterocycles. The Labute approximate surface area is 123 Å². The van der Waals surface area contributed by atoms with Crippen LogP contribution in [-0.2, 0) is 11.2 Å². The number of amides is 1. The zero-order valence-corrected chi connectivity index (χ0v) is 12.7. The number of hydrogen-bond donors (Lipinski definition) is 0. The molecule has 0 atom stereocenters. The van der Waals surface area contributed by atoms with Crippen molar-refractivity contribution >= 4 is 17.2 Å². The van der Waals surface area contributed by atoms with Crippen LogP contribution in [0.4, 0.5) is 0 Å². The number of pyridine rings is 1. The zero-order chi connectivity index (χ0) is 14.4. The SMILES string of the molecule is CCCCN(C)C(=O)Cc1csc(-c2ccncc2)n1. The fourth-order valence-corrected chi connectivity index (χ4v) is 2.65. The van der Waals surface area contributed by atoms with E-state index in [2.05, 4.69) is 16.9 Å². The number of likely N-dealkylation sites (N-methyl/N-ethyl adjacent to an activating group) is 1. The summed E-state index contributed by atoms with van der Waals surface area (Å²) in [5.74, 6) is 0.130. The van der Waals surface area contributed by atoms with Crippen LogP contribution in [0.25, 0.3) is 10.6 Å². The van der Waals surface area contributed by atoms with E-state index in [0.29, 0.717) is 6.42 Å². The summed E-state index contributed by atoms with van der Waals surface area (Å²) in [7, 11) is 1.86. The third kappa shape index (κ3) is 3.87. The second kappa shape index (κ2) is 7.14. The number of aromatic nitrogens is 2. The van der Waals surface area contributed by atoms with Crippen LogP contribution in [0, 0.1) is 0 Å². The smallest absolute Gasteiger partial charge is 0.228 e. The first kappa shape index (κ1) is 14.7. The quantitative estimate of drug-likeness (QED) is 0.821. The molecule has 2 heterocycles. The summed E-state index contributed by atoms with van der Waals surface area (Å²) in [4.78, 5) is 22.4. The molecule has 2 aromatic rings. The van der Waals surface area contributed by atoms with Crippen molar-refractivity contribution in [2.45, 2.75) is 26.2 Å². The lowest BCUT2D eigenvalue weighted by Gasteiger charge is -2.15. The van der Waals surface area contributed by atoms with Gasteiger partial charge in [-0.2, -0.15) is 0 Å². The Balaban J connectivity index is 1.98. The maximum absolute atomic E-state index is 12.0. The summed E-state index contributed by atoms with van der Waals surface area (Å²) in [6.07, 6.45) is 6.02. The van der Waals surface area contributed by atoms with Gasteiger partial charge in [-0.1, -0.05) is 13.3 Å². The van der Waals surface area contributed by atoms with Gasteiger partial charge in [0.2, 0.25) is 5.91 Å². The molecule has 106 valence electrons. The van der Waals surface area contributed by atoms with Gasteiger partial charge in [0.15, 0.2) is 0 Å². The van der Waals surface area contributed by atoms with Crippen molar-refractivity contribution in [2.75, 3.05) is 13.6 Å². The summed E-state index contributed by atoms with van der Waals surface area (Å²) in [6, 6.07) is 3.86. The third-order valence-corrected chi connectivity index (χ3v) is 4.02. The maximum Gasteiger partial charge on any atom is 0.228 e. The van der Waals surface area contributed by atoms with Gasteiger partial charge in [-0.15, -0.1) is 11.3 Å². The van der Waals surface area contributed by atoms with Gasteiger partial charge >= 0.3 is 0 Å². The number of nitrogens with zero attached hydrogens (tertiary/aromatic N) is 3. The van der Waals surface area contributed by atoms with Crippen molar-refractivity contribution in [1.29, 1.82) is 0 Å². The summed E-state index contributed by atoms with van der Waals surface area (Å²) >= 11 is 1.56. The normalized spacial score (nSPS) is 10.5. The van der Waals surface area contributed by atoms with Gasteiger partial charge in [-0.3, -0.25) is 9.78 Å². The number of carbonyl (C=O) groups excluding carboxylic acids is 1. The van der Waals surface area contributed by atoms with Crippen molar-refractivity contribution in [3.63, 3.8) is 0 Å². The van der Waals surface area contributed by atoms with E-state index < -0.39 is 0 Å². The van der Waals surface area contributed by atoms with Gasteiger partial charge < -0.3 is 4.90 Å². The lowest BCUT2D eigenvalue weighted by Crippen LogP contribution is -2.29. The monoisotopic (exact) mass is 289 g/mol. The Morgan fingerprint density at radius 2 is 2.10 bits per heavy atom. The number of thiazole rings is 1. The highest BCUT2D eigenvalue weighted by molar-refractivity contribution is 7.13. The lowest BCUT2D eigenvalue weighted by atomic mass is 10.2. The second-order valence-corrected chi connectivity index (χ2v) is 5.58. The Bertz CT molecular complexity index is 553. The van der Waals surface area contributed by atoms with E-state index in [0.717, 1.165) is 35.7 Å². The van der Waals surface area contributed by atoms with Gasteiger partial charge in [-0.25, -0.2) is 4.98 Å². The molecule has 0 saturated heterocycles. The van der Waals surface area contributed by atoms with Crippen LogP contribution < -0.4 is 0 Å². The van der Waals surface area contributed by atoms with Crippen LogP contribution >= 0.6 is 11.3 Å². The first-order valence-electron chi connectivity index (χ1n) is 6.79. The van der Waals surface area contributed by atoms with Crippen LogP contribution in [0.5, 0.6) is 0 Å². The Hall–Kier alpha value is -1.75. The number of hydrogen-bond acceptors (Lipinski definition) is 4. The Kier molecular flexibility index (Phi) is 5.24. The van der Waals surface area contributed by atoms with Gasteiger partial charge in [-0.05, 0) is 18.6 Å². The lowest BCUT2D eigenvalue weighted by molar-refractivity contribution is -0.129. The second-order valence-electron chi connectivity index (χ2n) is 4.73. The highest BCUT2D eigenvalue weighted by atomic mass is 32.1. The maximum atomic E-state index is 12.0. The van der Waals surface area contributed by atoms with Crippen molar-refractivity contribution < 1.29 is 4.79 Å². The van der Waals surface area contributed by atoms with Crippen LogP contribution in [0.15, 0.2) is 29.9 Å². The Morgan fingerprint density at radius 3 is 2.80 bits per heavy atom.